The van der Waals surface area contributed by atoms with Crippen LogP contribution in [0.2, 0.25) is 0 Å². The number of rotatable bonds is 2. The van der Waals surface area contributed by atoms with Crippen molar-refractivity contribution in [3.05, 3.63) is 29.8 Å². The second kappa shape index (κ2) is 5.15. The Morgan fingerprint density at radius 2 is 2.05 bits per heavy atom. The zero-order valence-electron chi connectivity index (χ0n) is 11.1. The number of likely N-dealkylation sites (tertiary alicyclic amines) is 1. The van der Waals surface area contributed by atoms with Gasteiger partial charge in [-0.2, -0.15) is 0 Å². The second-order valence-corrected chi connectivity index (χ2v) is 5.26. The minimum absolute atomic E-state index is 0.0781. The molecule has 0 radical (unpaired) electrons. The van der Waals surface area contributed by atoms with Gasteiger partial charge in [0.1, 0.15) is 11.8 Å². The fourth-order valence-electron chi connectivity index (χ4n) is 3.09. The molecule has 0 unspecified atom stereocenters. The van der Waals surface area contributed by atoms with Gasteiger partial charge in [-0.3, -0.25) is 4.79 Å². The van der Waals surface area contributed by atoms with Crippen molar-refractivity contribution in [1.82, 2.24) is 4.90 Å². The Balaban J connectivity index is 1.87. The third kappa shape index (κ3) is 2.13. The van der Waals surface area contributed by atoms with E-state index in [0.29, 0.717) is 26.0 Å². The molecule has 1 aromatic rings. The number of fused-ring (bicyclic) bond motifs is 1. The summed E-state index contributed by atoms with van der Waals surface area (Å²) in [5.41, 5.74) is 0.875. The standard InChI is InChI=1S/C15H17NO4/c17-14(16-8-3-5-12(16)15(18)19)11-7-9-20-13-6-2-1-4-10(11)13/h1-2,4,6,11-12H,3,5,7-9H2,(H,18,19)/t11-,12-/m1/s1. The molecule has 1 saturated heterocycles. The van der Waals surface area contributed by atoms with Crippen LogP contribution in [0.3, 0.4) is 0 Å². The van der Waals surface area contributed by atoms with Crippen LogP contribution in [-0.2, 0) is 9.59 Å². The number of hydrogen-bond donors (Lipinski definition) is 1. The summed E-state index contributed by atoms with van der Waals surface area (Å²) in [6.07, 6.45) is 1.91. The summed E-state index contributed by atoms with van der Waals surface area (Å²) >= 11 is 0. The van der Waals surface area contributed by atoms with E-state index in [4.69, 9.17) is 4.74 Å². The number of carbonyl (C=O) groups excluding carboxylic acids is 1. The van der Waals surface area contributed by atoms with E-state index in [1.165, 1.54) is 4.90 Å². The number of aliphatic carboxylic acids is 1. The molecule has 2 heterocycles. The largest absolute Gasteiger partial charge is 0.493 e. The lowest BCUT2D eigenvalue weighted by molar-refractivity contribution is -0.149. The van der Waals surface area contributed by atoms with Gasteiger partial charge in [-0.05, 0) is 25.3 Å². The van der Waals surface area contributed by atoms with E-state index in [2.05, 4.69) is 0 Å². The van der Waals surface area contributed by atoms with Gasteiger partial charge >= 0.3 is 5.97 Å². The van der Waals surface area contributed by atoms with Crippen LogP contribution in [0.15, 0.2) is 24.3 Å². The first-order chi connectivity index (χ1) is 9.68. The number of carboxylic acid groups (broad SMARTS) is 1. The minimum atomic E-state index is -0.906. The van der Waals surface area contributed by atoms with Gasteiger partial charge in [0.25, 0.3) is 0 Å². The summed E-state index contributed by atoms with van der Waals surface area (Å²) in [6, 6.07) is 6.84. The number of carboxylic acids is 1. The third-order valence-electron chi connectivity index (χ3n) is 4.08. The fraction of sp³-hybridized carbons (Fsp3) is 0.467. The molecule has 0 bridgehead atoms. The van der Waals surface area contributed by atoms with E-state index in [-0.39, 0.29) is 11.8 Å². The number of amides is 1. The molecule has 0 aromatic heterocycles. The Morgan fingerprint density at radius 1 is 1.25 bits per heavy atom. The highest BCUT2D eigenvalue weighted by atomic mass is 16.5. The van der Waals surface area contributed by atoms with Crippen molar-refractivity contribution in [2.45, 2.75) is 31.2 Å². The van der Waals surface area contributed by atoms with Gasteiger partial charge in [0, 0.05) is 12.1 Å². The first-order valence-corrected chi connectivity index (χ1v) is 6.93. The second-order valence-electron chi connectivity index (χ2n) is 5.26. The van der Waals surface area contributed by atoms with Crippen molar-refractivity contribution in [3.63, 3.8) is 0 Å². The van der Waals surface area contributed by atoms with Crippen LogP contribution >= 0.6 is 0 Å². The van der Waals surface area contributed by atoms with E-state index < -0.39 is 12.0 Å². The van der Waals surface area contributed by atoms with Crippen LogP contribution in [0.5, 0.6) is 5.75 Å². The lowest BCUT2D eigenvalue weighted by Crippen LogP contribution is -2.43. The van der Waals surface area contributed by atoms with E-state index in [1.807, 2.05) is 24.3 Å². The molecular formula is C15H17NO4. The lowest BCUT2D eigenvalue weighted by atomic mass is 9.91. The summed E-state index contributed by atoms with van der Waals surface area (Å²) in [5, 5.41) is 9.21. The first-order valence-electron chi connectivity index (χ1n) is 6.93. The molecule has 1 amide bonds. The van der Waals surface area contributed by atoms with Crippen molar-refractivity contribution >= 4 is 11.9 Å². The monoisotopic (exact) mass is 275 g/mol. The zero-order chi connectivity index (χ0) is 14.1. The molecule has 0 saturated carbocycles. The molecule has 106 valence electrons. The Hall–Kier alpha value is -2.04. The molecule has 2 aliphatic rings. The molecule has 2 atom stereocenters. The predicted octanol–water partition coefficient (Wildman–Crippen LogP) is 1.63. The number of benzene rings is 1. The Bertz CT molecular complexity index is 542. The maximum atomic E-state index is 12.7. The zero-order valence-corrected chi connectivity index (χ0v) is 11.1. The molecule has 0 spiro atoms. The van der Waals surface area contributed by atoms with Gasteiger partial charge in [-0.1, -0.05) is 18.2 Å². The van der Waals surface area contributed by atoms with Crippen molar-refractivity contribution in [2.24, 2.45) is 0 Å². The van der Waals surface area contributed by atoms with Gasteiger partial charge in [0.2, 0.25) is 5.91 Å². The fourth-order valence-corrected chi connectivity index (χ4v) is 3.09. The highest BCUT2D eigenvalue weighted by Gasteiger charge is 2.39. The summed E-state index contributed by atoms with van der Waals surface area (Å²) in [4.78, 5) is 25.4. The van der Waals surface area contributed by atoms with Gasteiger partial charge in [0.15, 0.2) is 0 Å². The molecule has 5 nitrogen and oxygen atoms in total. The Kier molecular flexibility index (Phi) is 3.34. The lowest BCUT2D eigenvalue weighted by Gasteiger charge is -2.30. The van der Waals surface area contributed by atoms with Gasteiger partial charge in [-0.15, -0.1) is 0 Å². The van der Waals surface area contributed by atoms with Crippen LogP contribution in [0.25, 0.3) is 0 Å². The molecule has 0 aliphatic carbocycles. The summed E-state index contributed by atoms with van der Waals surface area (Å²) in [6.45, 7) is 1.04. The quantitative estimate of drug-likeness (QED) is 0.890. The third-order valence-corrected chi connectivity index (χ3v) is 4.08. The molecule has 2 aliphatic heterocycles. The molecule has 1 fully saturated rings. The maximum absolute atomic E-state index is 12.7. The topological polar surface area (TPSA) is 66.8 Å². The predicted molar refractivity (Wildman–Crippen MR) is 71.7 cm³/mol. The van der Waals surface area contributed by atoms with Crippen molar-refractivity contribution in [2.75, 3.05) is 13.2 Å². The van der Waals surface area contributed by atoms with Crippen LogP contribution in [-0.4, -0.2) is 41.1 Å². The summed E-state index contributed by atoms with van der Waals surface area (Å²) < 4.78 is 5.55. The number of para-hydroxylation sites is 1. The van der Waals surface area contributed by atoms with Crippen LogP contribution < -0.4 is 4.74 Å². The number of hydrogen-bond acceptors (Lipinski definition) is 3. The Labute approximate surface area is 117 Å². The highest BCUT2D eigenvalue weighted by molar-refractivity contribution is 5.89. The summed E-state index contributed by atoms with van der Waals surface area (Å²) in [7, 11) is 0. The number of carbonyl (C=O) groups is 2. The molecule has 3 rings (SSSR count). The van der Waals surface area contributed by atoms with E-state index >= 15 is 0 Å². The molecule has 1 aromatic carbocycles. The van der Waals surface area contributed by atoms with Crippen molar-refractivity contribution in [1.29, 1.82) is 0 Å². The molecular weight excluding hydrogens is 258 g/mol. The summed E-state index contributed by atoms with van der Waals surface area (Å²) in [5.74, 6) is -0.523. The van der Waals surface area contributed by atoms with Gasteiger partial charge in [-0.25, -0.2) is 4.79 Å². The highest BCUT2D eigenvalue weighted by Crippen LogP contribution is 2.36. The normalized spacial score (nSPS) is 24.9. The average Bonchev–Trinajstić information content (AvgIpc) is 2.95. The van der Waals surface area contributed by atoms with E-state index in [0.717, 1.165) is 17.7 Å². The average molecular weight is 275 g/mol. The van der Waals surface area contributed by atoms with Gasteiger partial charge in [0.05, 0.1) is 12.5 Å². The smallest absolute Gasteiger partial charge is 0.326 e. The SMILES string of the molecule is O=C(O)[C@H]1CCCN1C(=O)[C@@H]1CCOc2ccccc21. The van der Waals surface area contributed by atoms with E-state index in [1.54, 1.807) is 0 Å². The first kappa shape index (κ1) is 13.0. The molecule has 20 heavy (non-hydrogen) atoms. The number of nitrogens with zero attached hydrogens (tertiary/aromatic N) is 1. The van der Waals surface area contributed by atoms with Crippen LogP contribution in [0.1, 0.15) is 30.7 Å². The Morgan fingerprint density at radius 3 is 2.85 bits per heavy atom. The van der Waals surface area contributed by atoms with Crippen LogP contribution in [0, 0.1) is 0 Å². The van der Waals surface area contributed by atoms with Crippen molar-refractivity contribution < 1.29 is 19.4 Å². The maximum Gasteiger partial charge on any atom is 0.326 e. The van der Waals surface area contributed by atoms with Crippen molar-refractivity contribution in [3.8, 4) is 5.75 Å². The van der Waals surface area contributed by atoms with Gasteiger partial charge < -0.3 is 14.7 Å². The minimum Gasteiger partial charge on any atom is -0.493 e. The van der Waals surface area contributed by atoms with E-state index in [9.17, 15) is 14.7 Å². The number of ether oxygens (including phenoxy) is 1. The van der Waals surface area contributed by atoms with Crippen LogP contribution in [0.4, 0.5) is 0 Å². The molecule has 1 N–H and O–H groups in total. The molecule has 5 heteroatoms.